The maximum atomic E-state index is 12.5. The van der Waals surface area contributed by atoms with E-state index in [1.807, 2.05) is 24.3 Å². The Morgan fingerprint density at radius 2 is 1.92 bits per heavy atom. The lowest BCUT2D eigenvalue weighted by molar-refractivity contribution is 0.116. The molecule has 0 N–H and O–H groups in total. The van der Waals surface area contributed by atoms with Crippen molar-refractivity contribution in [1.82, 2.24) is 30.2 Å². The van der Waals surface area contributed by atoms with Crippen molar-refractivity contribution in [2.75, 3.05) is 0 Å². The van der Waals surface area contributed by atoms with Crippen LogP contribution in [-0.4, -0.2) is 30.2 Å². The average molecular weight is 328 g/mol. The molecule has 0 spiro atoms. The zero-order valence-corrected chi connectivity index (χ0v) is 12.2. The number of aromatic nitrogens is 6. The van der Waals surface area contributed by atoms with E-state index >= 15 is 0 Å². The lowest BCUT2D eigenvalue weighted by atomic mass is 10.2. The molecule has 0 unspecified atom stereocenters. The van der Waals surface area contributed by atoms with Crippen LogP contribution in [0.15, 0.2) is 47.0 Å². The predicted octanol–water partition coefficient (Wildman–Crippen LogP) is 2.86. The molecule has 3 aromatic heterocycles. The normalized spacial score (nSPS) is 11.5. The second-order valence-corrected chi connectivity index (χ2v) is 5.02. The van der Waals surface area contributed by atoms with Crippen molar-refractivity contribution in [3.63, 3.8) is 0 Å². The zero-order chi connectivity index (χ0) is 16.5. The number of alkyl halides is 2. The molecule has 0 aliphatic rings. The number of pyridine rings is 1. The fourth-order valence-electron chi connectivity index (χ4n) is 2.27. The Kier molecular flexibility index (Phi) is 3.45. The molecule has 0 aliphatic carbocycles. The molecular formula is C15H10F2N6O. The highest BCUT2D eigenvalue weighted by Gasteiger charge is 2.17. The first kappa shape index (κ1) is 14.4. The fraction of sp³-hybridized carbons (Fsp3) is 0.133. The highest BCUT2D eigenvalue weighted by atomic mass is 19.3. The summed E-state index contributed by atoms with van der Waals surface area (Å²) in [7, 11) is 0. The van der Waals surface area contributed by atoms with Crippen molar-refractivity contribution in [1.29, 1.82) is 0 Å². The minimum atomic E-state index is -2.79. The van der Waals surface area contributed by atoms with Gasteiger partial charge >= 0.3 is 6.43 Å². The second-order valence-electron chi connectivity index (χ2n) is 5.02. The Morgan fingerprint density at radius 3 is 2.67 bits per heavy atom. The summed E-state index contributed by atoms with van der Waals surface area (Å²) < 4.78 is 31.6. The van der Waals surface area contributed by atoms with Crippen LogP contribution in [0, 0.1) is 0 Å². The van der Waals surface area contributed by atoms with E-state index in [2.05, 4.69) is 25.5 Å². The molecule has 4 aromatic rings. The third-order valence-corrected chi connectivity index (χ3v) is 3.43. The molecule has 24 heavy (non-hydrogen) atoms. The van der Waals surface area contributed by atoms with Gasteiger partial charge in [-0.3, -0.25) is 4.98 Å². The molecule has 1 aromatic carbocycles. The number of para-hydroxylation sites is 1. The molecule has 120 valence electrons. The van der Waals surface area contributed by atoms with Crippen LogP contribution < -0.4 is 0 Å². The summed E-state index contributed by atoms with van der Waals surface area (Å²) in [6.07, 6.45) is -1.30. The molecule has 0 amide bonds. The molecular weight excluding hydrogens is 318 g/mol. The molecule has 7 nitrogen and oxygen atoms in total. The first-order valence-corrected chi connectivity index (χ1v) is 7.06. The van der Waals surface area contributed by atoms with Crippen molar-refractivity contribution in [3.8, 4) is 11.5 Å². The van der Waals surface area contributed by atoms with E-state index in [0.29, 0.717) is 12.1 Å². The maximum absolute atomic E-state index is 12.5. The monoisotopic (exact) mass is 328 g/mol. The minimum Gasteiger partial charge on any atom is -0.415 e. The van der Waals surface area contributed by atoms with E-state index < -0.39 is 12.3 Å². The van der Waals surface area contributed by atoms with Crippen LogP contribution in [0.4, 0.5) is 8.78 Å². The largest absolute Gasteiger partial charge is 0.415 e. The number of nitrogens with zero attached hydrogens (tertiary/aromatic N) is 6. The first-order chi connectivity index (χ1) is 11.7. The van der Waals surface area contributed by atoms with E-state index in [0.717, 1.165) is 16.7 Å². The Hall–Kier alpha value is -3.23. The van der Waals surface area contributed by atoms with Gasteiger partial charge in [0.15, 0.2) is 0 Å². The van der Waals surface area contributed by atoms with Gasteiger partial charge in [0.25, 0.3) is 5.89 Å². The predicted molar refractivity (Wildman–Crippen MR) is 79.1 cm³/mol. The zero-order valence-electron chi connectivity index (χ0n) is 12.2. The van der Waals surface area contributed by atoms with E-state index in [1.54, 1.807) is 16.8 Å². The molecule has 9 heteroatoms. The molecule has 0 bridgehead atoms. The molecule has 0 radical (unpaired) electrons. The van der Waals surface area contributed by atoms with Crippen molar-refractivity contribution >= 4 is 11.0 Å². The van der Waals surface area contributed by atoms with Crippen LogP contribution in [0.5, 0.6) is 0 Å². The third-order valence-electron chi connectivity index (χ3n) is 3.43. The van der Waals surface area contributed by atoms with Gasteiger partial charge in [-0.1, -0.05) is 17.3 Å². The van der Waals surface area contributed by atoms with Gasteiger partial charge in [-0.2, -0.15) is 8.78 Å². The summed E-state index contributed by atoms with van der Waals surface area (Å²) in [4.78, 5) is 4.29. The molecule has 0 fully saturated rings. The average Bonchev–Trinajstić information content (AvgIpc) is 3.24. The lowest BCUT2D eigenvalue weighted by Crippen LogP contribution is -2.03. The van der Waals surface area contributed by atoms with Crippen LogP contribution in [0.25, 0.3) is 22.5 Å². The fourth-order valence-corrected chi connectivity index (χ4v) is 2.27. The van der Waals surface area contributed by atoms with Gasteiger partial charge in [0.1, 0.15) is 5.52 Å². The number of benzene rings is 1. The number of hydrogen-bond donors (Lipinski definition) is 0. The highest BCUT2D eigenvalue weighted by Crippen LogP contribution is 2.22. The summed E-state index contributed by atoms with van der Waals surface area (Å²) in [6.45, 7) is 0.437. The summed E-state index contributed by atoms with van der Waals surface area (Å²) in [5, 5.41) is 15.1. The third kappa shape index (κ3) is 2.60. The van der Waals surface area contributed by atoms with Gasteiger partial charge in [-0.05, 0) is 24.3 Å². The highest BCUT2D eigenvalue weighted by molar-refractivity contribution is 5.73. The summed E-state index contributed by atoms with van der Waals surface area (Å²) >= 11 is 0. The molecule has 0 saturated carbocycles. The molecule has 0 atom stereocenters. The summed E-state index contributed by atoms with van der Waals surface area (Å²) in [5.74, 6) is -0.696. The van der Waals surface area contributed by atoms with Gasteiger partial charge in [-0.15, -0.1) is 15.3 Å². The van der Waals surface area contributed by atoms with Crippen molar-refractivity contribution < 1.29 is 13.2 Å². The SMILES string of the molecule is FC(F)c1nnc(-c2ccc(Cn3nnc4ccccc43)nc2)o1. The lowest BCUT2D eigenvalue weighted by Gasteiger charge is -2.02. The minimum absolute atomic E-state index is 0.00977. The van der Waals surface area contributed by atoms with Gasteiger partial charge < -0.3 is 4.42 Å². The number of fused-ring (bicyclic) bond motifs is 1. The van der Waals surface area contributed by atoms with Crippen molar-refractivity contribution in [2.45, 2.75) is 13.0 Å². The summed E-state index contributed by atoms with van der Waals surface area (Å²) in [6, 6.07) is 11.0. The Bertz CT molecular complexity index is 979. The van der Waals surface area contributed by atoms with Gasteiger partial charge in [0, 0.05) is 6.20 Å². The molecule has 3 heterocycles. The van der Waals surface area contributed by atoms with Gasteiger partial charge in [0.05, 0.1) is 23.3 Å². The Balaban J connectivity index is 1.57. The van der Waals surface area contributed by atoms with E-state index in [4.69, 9.17) is 4.42 Å². The van der Waals surface area contributed by atoms with Gasteiger partial charge in [-0.25, -0.2) is 4.68 Å². The quantitative estimate of drug-likeness (QED) is 0.573. The van der Waals surface area contributed by atoms with Gasteiger partial charge in [0.2, 0.25) is 5.89 Å². The molecule has 4 rings (SSSR count). The van der Waals surface area contributed by atoms with Crippen molar-refractivity contribution in [3.05, 3.63) is 54.2 Å². The van der Waals surface area contributed by atoms with Crippen LogP contribution in [0.3, 0.4) is 0 Å². The Labute approximate surface area is 134 Å². The van der Waals surface area contributed by atoms with E-state index in [9.17, 15) is 8.78 Å². The first-order valence-electron chi connectivity index (χ1n) is 7.06. The van der Waals surface area contributed by atoms with Crippen LogP contribution in [0.2, 0.25) is 0 Å². The molecule has 0 aliphatic heterocycles. The maximum Gasteiger partial charge on any atom is 0.314 e. The topological polar surface area (TPSA) is 82.5 Å². The second kappa shape index (κ2) is 5.76. The Morgan fingerprint density at radius 1 is 1.04 bits per heavy atom. The van der Waals surface area contributed by atoms with E-state index in [1.165, 1.54) is 6.20 Å². The number of hydrogen-bond acceptors (Lipinski definition) is 6. The standard InChI is InChI=1S/C15H10F2N6O/c16-13(17)15-21-20-14(24-15)9-5-6-10(18-7-9)8-23-12-4-2-1-3-11(12)19-22-23/h1-7,13H,8H2. The smallest absolute Gasteiger partial charge is 0.314 e. The van der Waals surface area contributed by atoms with E-state index in [-0.39, 0.29) is 5.89 Å². The summed E-state index contributed by atoms with van der Waals surface area (Å²) in [5.41, 5.74) is 2.92. The van der Waals surface area contributed by atoms with Crippen LogP contribution in [0.1, 0.15) is 18.0 Å². The number of halogens is 2. The van der Waals surface area contributed by atoms with Crippen LogP contribution >= 0.6 is 0 Å². The molecule has 0 saturated heterocycles. The van der Waals surface area contributed by atoms with Crippen LogP contribution in [-0.2, 0) is 6.54 Å². The number of rotatable bonds is 4. The van der Waals surface area contributed by atoms with Crippen molar-refractivity contribution in [2.24, 2.45) is 0 Å².